The Morgan fingerprint density at radius 2 is 1.89 bits per heavy atom. The number of hydrogen-bond donors (Lipinski definition) is 5. The van der Waals surface area contributed by atoms with Crippen LogP contribution in [0.25, 0.3) is 0 Å². The first-order valence-electron chi connectivity index (χ1n) is 11.6. The lowest BCUT2D eigenvalue weighted by Gasteiger charge is -2.50. The fourth-order valence-electron chi connectivity index (χ4n) is 6.44. The van der Waals surface area contributed by atoms with Crippen molar-refractivity contribution >= 4 is 29.2 Å². The standard InChI is InChI=1S/C25H28N2O7S/c1-27(2)19-14-8-11-7-13-12(10-5-6-35-9-10)3-4-15(28)17(13)20(29)16(11)22(31)25(14,34)23(32)18(21(19)30)24(26)33/h3-4,10-11,14,19,28,30-31,34H,5-9H2,1-2H3,(H2,26,33). The van der Waals surface area contributed by atoms with Crippen LogP contribution in [0.15, 0.2) is 34.8 Å². The number of aromatic hydroxyl groups is 1. The van der Waals surface area contributed by atoms with E-state index < -0.39 is 58.0 Å². The Morgan fingerprint density at radius 1 is 1.17 bits per heavy atom. The van der Waals surface area contributed by atoms with E-state index in [9.17, 15) is 34.8 Å². The normalized spacial score (nSPS) is 32.6. The Kier molecular flexibility index (Phi) is 5.54. The van der Waals surface area contributed by atoms with Gasteiger partial charge >= 0.3 is 0 Å². The van der Waals surface area contributed by atoms with Crippen LogP contribution in [-0.4, -0.2) is 80.0 Å². The Labute approximate surface area is 206 Å². The van der Waals surface area contributed by atoms with Crippen molar-refractivity contribution in [3.05, 3.63) is 51.5 Å². The molecule has 3 aliphatic carbocycles. The maximum Gasteiger partial charge on any atom is 0.255 e. The number of carbonyl (C=O) groups excluding carboxylic acids is 3. The average Bonchev–Trinajstić information content (AvgIpc) is 3.30. The third kappa shape index (κ3) is 3.19. The molecule has 186 valence electrons. The second-order valence-electron chi connectivity index (χ2n) is 10.1. The highest BCUT2D eigenvalue weighted by Gasteiger charge is 2.63. The molecule has 9 nitrogen and oxygen atoms in total. The summed E-state index contributed by atoms with van der Waals surface area (Å²) in [6.07, 6.45) is 1.39. The monoisotopic (exact) mass is 500 g/mol. The van der Waals surface area contributed by atoms with Gasteiger partial charge in [-0.3, -0.25) is 19.3 Å². The smallest absolute Gasteiger partial charge is 0.255 e. The van der Waals surface area contributed by atoms with Gasteiger partial charge in [-0.15, -0.1) is 0 Å². The van der Waals surface area contributed by atoms with E-state index in [1.54, 1.807) is 19.0 Å². The number of benzene rings is 1. The van der Waals surface area contributed by atoms with Crippen LogP contribution in [0, 0.1) is 11.8 Å². The van der Waals surface area contributed by atoms with Crippen molar-refractivity contribution < 1.29 is 34.8 Å². The molecule has 1 amide bonds. The van der Waals surface area contributed by atoms with Gasteiger partial charge in [0, 0.05) is 17.2 Å². The first kappa shape index (κ1) is 23.9. The van der Waals surface area contributed by atoms with E-state index in [4.69, 9.17) is 5.73 Å². The minimum Gasteiger partial charge on any atom is -0.510 e. The minimum absolute atomic E-state index is 0.0835. The fraction of sp³-hybridized carbons (Fsp3) is 0.480. The number of nitrogens with zero attached hydrogens (tertiary/aromatic N) is 1. The van der Waals surface area contributed by atoms with Crippen molar-refractivity contribution in [3.63, 3.8) is 0 Å². The van der Waals surface area contributed by atoms with E-state index in [-0.39, 0.29) is 29.2 Å². The fourth-order valence-corrected chi connectivity index (χ4v) is 7.69. The average molecular weight is 501 g/mol. The number of nitrogens with two attached hydrogens (primary N) is 1. The summed E-state index contributed by atoms with van der Waals surface area (Å²) in [5.74, 6) is -4.11. The van der Waals surface area contributed by atoms with E-state index in [1.807, 2.05) is 17.8 Å². The number of likely N-dealkylation sites (N-methyl/N-ethyl adjacent to an activating group) is 1. The maximum absolute atomic E-state index is 13.7. The molecule has 0 radical (unpaired) electrons. The SMILES string of the molecule is CN(C)C1C(O)=C(C(N)=O)C(=O)C2(O)C(O)=C3C(=O)c4c(O)ccc(C5CCSC5)c4CC3CC12. The first-order valence-corrected chi connectivity index (χ1v) is 12.7. The topological polar surface area (TPSA) is 161 Å². The second-order valence-corrected chi connectivity index (χ2v) is 11.2. The van der Waals surface area contributed by atoms with Crippen molar-refractivity contribution in [2.45, 2.75) is 36.8 Å². The van der Waals surface area contributed by atoms with Crippen molar-refractivity contribution in [2.75, 3.05) is 25.6 Å². The Bertz CT molecular complexity index is 1230. The number of phenolic OH excluding ortho intramolecular Hbond substituents is 1. The predicted octanol–water partition coefficient (Wildman–Crippen LogP) is 1.34. The number of amides is 1. The molecule has 1 aromatic rings. The van der Waals surface area contributed by atoms with Crippen LogP contribution in [0.1, 0.15) is 40.2 Å². The number of aliphatic hydroxyl groups is 3. The van der Waals surface area contributed by atoms with Crippen molar-refractivity contribution in [3.8, 4) is 5.75 Å². The zero-order chi connectivity index (χ0) is 25.4. The Balaban J connectivity index is 1.70. The first-order chi connectivity index (χ1) is 16.5. The van der Waals surface area contributed by atoms with Gasteiger partial charge in [0.1, 0.15) is 22.8 Å². The molecule has 5 rings (SSSR count). The molecule has 5 atom stereocenters. The number of thioether (sulfide) groups is 1. The summed E-state index contributed by atoms with van der Waals surface area (Å²) in [4.78, 5) is 40.6. The highest BCUT2D eigenvalue weighted by Crippen LogP contribution is 2.53. The van der Waals surface area contributed by atoms with E-state index in [0.717, 1.165) is 29.1 Å². The molecule has 0 saturated carbocycles. The number of aliphatic hydroxyl groups excluding tert-OH is 2. The molecule has 5 unspecified atom stereocenters. The lowest BCUT2D eigenvalue weighted by Crippen LogP contribution is -2.63. The predicted molar refractivity (Wildman–Crippen MR) is 128 cm³/mol. The molecule has 1 aliphatic heterocycles. The number of fused-ring (bicyclic) bond motifs is 3. The van der Waals surface area contributed by atoms with Gasteiger partial charge in [-0.05, 0) is 68.1 Å². The van der Waals surface area contributed by atoms with Crippen molar-refractivity contribution in [2.24, 2.45) is 17.6 Å². The Hall–Kier alpha value is -2.82. The van der Waals surface area contributed by atoms with Crippen LogP contribution >= 0.6 is 11.8 Å². The van der Waals surface area contributed by atoms with E-state index >= 15 is 0 Å². The van der Waals surface area contributed by atoms with Gasteiger partial charge in [0.05, 0.1) is 11.6 Å². The molecule has 4 aliphatic rings. The van der Waals surface area contributed by atoms with Crippen LogP contribution in [-0.2, 0) is 16.0 Å². The number of carbonyl (C=O) groups is 3. The summed E-state index contributed by atoms with van der Waals surface area (Å²) >= 11 is 1.83. The number of primary amides is 1. The van der Waals surface area contributed by atoms with Gasteiger partial charge in [-0.25, -0.2) is 0 Å². The zero-order valence-corrected chi connectivity index (χ0v) is 20.3. The van der Waals surface area contributed by atoms with Crippen molar-refractivity contribution in [1.82, 2.24) is 4.90 Å². The highest BCUT2D eigenvalue weighted by molar-refractivity contribution is 7.99. The van der Waals surface area contributed by atoms with Gasteiger partial charge in [0.15, 0.2) is 11.4 Å². The van der Waals surface area contributed by atoms with E-state index in [0.29, 0.717) is 6.42 Å². The van der Waals surface area contributed by atoms with Crippen molar-refractivity contribution in [1.29, 1.82) is 0 Å². The number of phenols is 1. The summed E-state index contributed by atoms with van der Waals surface area (Å²) in [7, 11) is 3.22. The molecule has 10 heteroatoms. The summed E-state index contributed by atoms with van der Waals surface area (Å²) in [5, 5.41) is 44.4. The third-order valence-electron chi connectivity index (χ3n) is 8.01. The summed E-state index contributed by atoms with van der Waals surface area (Å²) < 4.78 is 0. The minimum atomic E-state index is -2.61. The number of hydrogen-bond acceptors (Lipinski definition) is 9. The molecule has 0 aromatic heterocycles. The number of rotatable bonds is 3. The zero-order valence-electron chi connectivity index (χ0n) is 19.4. The van der Waals surface area contributed by atoms with Gasteiger partial charge < -0.3 is 26.2 Å². The number of allylic oxidation sites excluding steroid dienone is 1. The quantitative estimate of drug-likeness (QED) is 0.386. The van der Waals surface area contributed by atoms with E-state index in [2.05, 4.69) is 0 Å². The second kappa shape index (κ2) is 8.11. The van der Waals surface area contributed by atoms with Crippen LogP contribution in [0.4, 0.5) is 0 Å². The van der Waals surface area contributed by atoms with Gasteiger partial charge in [0.2, 0.25) is 5.78 Å². The molecular weight excluding hydrogens is 472 g/mol. The van der Waals surface area contributed by atoms with E-state index in [1.165, 1.54) is 6.07 Å². The molecule has 35 heavy (non-hydrogen) atoms. The van der Waals surface area contributed by atoms with Crippen LogP contribution in [0.3, 0.4) is 0 Å². The van der Waals surface area contributed by atoms with Crippen LogP contribution < -0.4 is 5.73 Å². The molecule has 0 bridgehead atoms. The summed E-state index contributed by atoms with van der Waals surface area (Å²) in [6, 6.07) is 2.34. The van der Waals surface area contributed by atoms with Crippen LogP contribution in [0.5, 0.6) is 5.75 Å². The molecule has 1 saturated heterocycles. The maximum atomic E-state index is 13.7. The van der Waals surface area contributed by atoms with Gasteiger partial charge in [0.25, 0.3) is 5.91 Å². The Morgan fingerprint density at radius 3 is 2.49 bits per heavy atom. The summed E-state index contributed by atoms with van der Waals surface area (Å²) in [6.45, 7) is 0. The molecule has 0 spiro atoms. The van der Waals surface area contributed by atoms with Crippen LogP contribution in [0.2, 0.25) is 0 Å². The largest absolute Gasteiger partial charge is 0.510 e. The lowest BCUT2D eigenvalue weighted by molar-refractivity contribution is -0.148. The molecule has 1 heterocycles. The molecule has 1 aromatic carbocycles. The molecule has 1 fully saturated rings. The summed E-state index contributed by atoms with van der Waals surface area (Å²) in [5.41, 5.74) is 3.62. The van der Waals surface area contributed by atoms with Gasteiger partial charge in [-0.1, -0.05) is 6.07 Å². The van der Waals surface area contributed by atoms with Gasteiger partial charge in [-0.2, -0.15) is 11.8 Å². The number of Topliss-reactive ketones (excluding diaryl/α,β-unsaturated/α-hetero) is 2. The highest BCUT2D eigenvalue weighted by atomic mass is 32.2. The third-order valence-corrected chi connectivity index (χ3v) is 9.17. The molecule has 6 N–H and O–H groups in total. The number of ketones is 2. The molecular formula is C25H28N2O7S. The lowest BCUT2D eigenvalue weighted by atomic mass is 9.58.